The highest BCUT2D eigenvalue weighted by Crippen LogP contribution is 2.29. The molecule has 1 aliphatic heterocycles. The van der Waals surface area contributed by atoms with Crippen molar-refractivity contribution in [3.05, 3.63) is 29.6 Å². The first kappa shape index (κ1) is 13.3. The van der Waals surface area contributed by atoms with E-state index < -0.39 is 0 Å². The Morgan fingerprint density at radius 1 is 1.50 bits per heavy atom. The Morgan fingerprint density at radius 2 is 2.22 bits per heavy atom. The first-order valence-corrected chi connectivity index (χ1v) is 6.32. The molecule has 1 N–H and O–H groups in total. The van der Waals surface area contributed by atoms with Crippen LogP contribution in [0.25, 0.3) is 0 Å². The van der Waals surface area contributed by atoms with Crippen molar-refractivity contribution in [1.29, 1.82) is 0 Å². The number of aromatic hydroxyl groups is 1. The number of rotatable bonds is 3. The molecule has 3 nitrogen and oxygen atoms in total. The van der Waals surface area contributed by atoms with Crippen LogP contribution in [0.15, 0.2) is 18.2 Å². The van der Waals surface area contributed by atoms with Gasteiger partial charge in [-0.15, -0.1) is 0 Å². The van der Waals surface area contributed by atoms with Crippen LogP contribution in [-0.4, -0.2) is 35.8 Å². The normalized spacial score (nSPS) is 25.6. The third-order valence-electron chi connectivity index (χ3n) is 3.90. The topological polar surface area (TPSA) is 32.7 Å². The maximum absolute atomic E-state index is 13.8. The summed E-state index contributed by atoms with van der Waals surface area (Å²) in [5.41, 5.74) is 0.606. The minimum Gasteiger partial charge on any atom is -0.508 e. The average molecular weight is 253 g/mol. The Bertz CT molecular complexity index is 424. The highest BCUT2D eigenvalue weighted by atomic mass is 19.1. The molecule has 0 aromatic heterocycles. The zero-order valence-electron chi connectivity index (χ0n) is 11.1. The van der Waals surface area contributed by atoms with Gasteiger partial charge in [-0.25, -0.2) is 4.39 Å². The summed E-state index contributed by atoms with van der Waals surface area (Å²) in [6, 6.07) is 4.60. The maximum atomic E-state index is 13.8. The first-order valence-electron chi connectivity index (χ1n) is 6.32. The molecular weight excluding hydrogens is 233 g/mol. The van der Waals surface area contributed by atoms with Gasteiger partial charge in [0, 0.05) is 30.3 Å². The van der Waals surface area contributed by atoms with Crippen molar-refractivity contribution < 1.29 is 14.2 Å². The summed E-state index contributed by atoms with van der Waals surface area (Å²) in [6.07, 6.45) is 1.15. The Kier molecular flexibility index (Phi) is 3.88. The predicted octanol–water partition coefficient (Wildman–Crippen LogP) is 2.70. The second-order valence-corrected chi connectivity index (χ2v) is 4.98. The van der Waals surface area contributed by atoms with Gasteiger partial charge in [0.2, 0.25) is 0 Å². The Morgan fingerprint density at radius 3 is 2.78 bits per heavy atom. The monoisotopic (exact) mass is 253 g/mol. The van der Waals surface area contributed by atoms with Gasteiger partial charge in [0.1, 0.15) is 11.6 Å². The lowest BCUT2D eigenvalue weighted by Gasteiger charge is -2.32. The molecule has 3 atom stereocenters. The summed E-state index contributed by atoms with van der Waals surface area (Å²) in [4.78, 5) is 2.15. The van der Waals surface area contributed by atoms with Crippen LogP contribution in [0.5, 0.6) is 5.75 Å². The van der Waals surface area contributed by atoms with E-state index in [2.05, 4.69) is 4.90 Å². The SMILES string of the molecule is CC1OCCC1N(C)C(C)c1ccc(O)cc1F. The number of halogens is 1. The lowest BCUT2D eigenvalue weighted by molar-refractivity contribution is 0.0697. The van der Waals surface area contributed by atoms with Crippen LogP contribution in [0, 0.1) is 5.82 Å². The molecule has 0 spiro atoms. The molecule has 1 aliphatic rings. The van der Waals surface area contributed by atoms with Gasteiger partial charge in [-0.05, 0) is 33.4 Å². The van der Waals surface area contributed by atoms with Crippen LogP contribution in [0.1, 0.15) is 31.9 Å². The largest absolute Gasteiger partial charge is 0.508 e. The Balaban J connectivity index is 2.17. The lowest BCUT2D eigenvalue weighted by atomic mass is 10.0. The van der Waals surface area contributed by atoms with E-state index in [0.29, 0.717) is 11.6 Å². The molecule has 2 rings (SSSR count). The molecule has 18 heavy (non-hydrogen) atoms. The van der Waals surface area contributed by atoms with E-state index in [1.54, 1.807) is 6.07 Å². The van der Waals surface area contributed by atoms with E-state index in [9.17, 15) is 9.50 Å². The second-order valence-electron chi connectivity index (χ2n) is 4.98. The number of nitrogens with zero attached hydrogens (tertiary/aromatic N) is 1. The minimum atomic E-state index is -0.360. The molecule has 1 saturated heterocycles. The number of ether oxygens (including phenoxy) is 1. The second kappa shape index (κ2) is 5.24. The van der Waals surface area contributed by atoms with Crippen molar-refractivity contribution in [3.63, 3.8) is 0 Å². The quantitative estimate of drug-likeness (QED) is 0.899. The fourth-order valence-electron chi connectivity index (χ4n) is 2.62. The predicted molar refractivity (Wildman–Crippen MR) is 68.1 cm³/mol. The summed E-state index contributed by atoms with van der Waals surface area (Å²) in [5.74, 6) is -0.399. The molecule has 1 aromatic rings. The molecule has 1 heterocycles. The van der Waals surface area contributed by atoms with Crippen LogP contribution >= 0.6 is 0 Å². The molecule has 0 amide bonds. The third-order valence-corrected chi connectivity index (χ3v) is 3.90. The standard InChI is InChI=1S/C14H20FNO2/c1-9(12-5-4-11(17)8-13(12)15)16(3)14-6-7-18-10(14)2/h4-5,8-10,14,17H,6-7H2,1-3H3. The molecular formula is C14H20FNO2. The van der Waals surface area contributed by atoms with E-state index in [0.717, 1.165) is 19.1 Å². The van der Waals surface area contributed by atoms with Gasteiger partial charge < -0.3 is 9.84 Å². The molecule has 1 fully saturated rings. The zero-order valence-corrected chi connectivity index (χ0v) is 11.1. The van der Waals surface area contributed by atoms with Crippen molar-refractivity contribution in [2.45, 2.75) is 38.5 Å². The van der Waals surface area contributed by atoms with Crippen LogP contribution in [-0.2, 0) is 4.74 Å². The van der Waals surface area contributed by atoms with Gasteiger partial charge in [0.05, 0.1) is 6.10 Å². The van der Waals surface area contributed by atoms with E-state index in [-0.39, 0.29) is 23.7 Å². The number of phenolic OH excluding ortho intramolecular Hbond substituents is 1. The van der Waals surface area contributed by atoms with Gasteiger partial charge in [-0.3, -0.25) is 4.90 Å². The van der Waals surface area contributed by atoms with Crippen LogP contribution < -0.4 is 0 Å². The Hall–Kier alpha value is -1.13. The fraction of sp³-hybridized carbons (Fsp3) is 0.571. The molecule has 0 saturated carbocycles. The minimum absolute atomic E-state index is 0.0383. The number of hydrogen-bond acceptors (Lipinski definition) is 3. The van der Waals surface area contributed by atoms with Crippen molar-refractivity contribution >= 4 is 0 Å². The van der Waals surface area contributed by atoms with Gasteiger partial charge in [-0.2, -0.15) is 0 Å². The van der Waals surface area contributed by atoms with Crippen molar-refractivity contribution in [1.82, 2.24) is 4.90 Å². The third kappa shape index (κ3) is 2.49. The molecule has 0 bridgehead atoms. The average Bonchev–Trinajstić information content (AvgIpc) is 2.74. The van der Waals surface area contributed by atoms with Gasteiger partial charge in [0.25, 0.3) is 0 Å². The summed E-state index contributed by atoms with van der Waals surface area (Å²) < 4.78 is 19.4. The smallest absolute Gasteiger partial charge is 0.131 e. The summed E-state index contributed by atoms with van der Waals surface area (Å²) in [6.45, 7) is 4.79. The van der Waals surface area contributed by atoms with Crippen LogP contribution in [0.3, 0.4) is 0 Å². The molecule has 0 radical (unpaired) electrons. The highest BCUT2D eigenvalue weighted by molar-refractivity contribution is 5.29. The fourth-order valence-corrected chi connectivity index (χ4v) is 2.62. The number of benzene rings is 1. The number of likely N-dealkylation sites (N-methyl/N-ethyl adjacent to an activating group) is 1. The maximum Gasteiger partial charge on any atom is 0.131 e. The van der Waals surface area contributed by atoms with Crippen molar-refractivity contribution in [3.8, 4) is 5.75 Å². The highest BCUT2D eigenvalue weighted by Gasteiger charge is 2.31. The molecule has 0 aliphatic carbocycles. The van der Waals surface area contributed by atoms with E-state index in [1.165, 1.54) is 6.07 Å². The van der Waals surface area contributed by atoms with Gasteiger partial charge in [-0.1, -0.05) is 6.07 Å². The van der Waals surface area contributed by atoms with Gasteiger partial charge >= 0.3 is 0 Å². The van der Waals surface area contributed by atoms with E-state index in [1.807, 2.05) is 20.9 Å². The number of hydrogen-bond donors (Lipinski definition) is 1. The molecule has 4 heteroatoms. The van der Waals surface area contributed by atoms with Gasteiger partial charge in [0.15, 0.2) is 0 Å². The van der Waals surface area contributed by atoms with Crippen LogP contribution in [0.4, 0.5) is 4.39 Å². The van der Waals surface area contributed by atoms with Crippen molar-refractivity contribution in [2.24, 2.45) is 0 Å². The molecule has 100 valence electrons. The first-order chi connectivity index (χ1) is 8.50. The van der Waals surface area contributed by atoms with E-state index in [4.69, 9.17) is 4.74 Å². The molecule has 3 unspecified atom stereocenters. The van der Waals surface area contributed by atoms with E-state index >= 15 is 0 Å². The van der Waals surface area contributed by atoms with Crippen molar-refractivity contribution in [2.75, 3.05) is 13.7 Å². The lowest BCUT2D eigenvalue weighted by Crippen LogP contribution is -2.38. The van der Waals surface area contributed by atoms with Crippen LogP contribution in [0.2, 0.25) is 0 Å². The summed E-state index contributed by atoms with van der Waals surface area (Å²) >= 11 is 0. The molecule has 1 aromatic carbocycles. The Labute approximate surface area is 107 Å². The summed E-state index contributed by atoms with van der Waals surface area (Å²) in [5, 5.41) is 9.24. The zero-order chi connectivity index (χ0) is 13.3. The number of phenols is 1. The summed E-state index contributed by atoms with van der Waals surface area (Å²) in [7, 11) is 1.99.